The van der Waals surface area contributed by atoms with Crippen molar-refractivity contribution in [2.45, 2.75) is 37.5 Å². The van der Waals surface area contributed by atoms with E-state index in [9.17, 15) is 18.4 Å². The zero-order chi connectivity index (χ0) is 23.7. The van der Waals surface area contributed by atoms with Crippen LogP contribution in [0.1, 0.15) is 42.0 Å². The lowest BCUT2D eigenvalue weighted by Gasteiger charge is -2.39. The summed E-state index contributed by atoms with van der Waals surface area (Å²) in [4.78, 5) is 28.0. The molecule has 1 spiro atoms. The number of rotatable bonds is 5. The molecule has 3 amide bonds. The van der Waals surface area contributed by atoms with Gasteiger partial charge in [-0.1, -0.05) is 30.3 Å². The van der Waals surface area contributed by atoms with Gasteiger partial charge in [-0.2, -0.15) is 0 Å². The minimum absolute atomic E-state index is 0.0992. The molecular formula is C25H27F2N3O4. The van der Waals surface area contributed by atoms with Gasteiger partial charge in [0.2, 0.25) is 0 Å². The number of ether oxygens (including phenoxy) is 2. The predicted molar refractivity (Wildman–Crippen MR) is 119 cm³/mol. The van der Waals surface area contributed by atoms with E-state index >= 15 is 0 Å². The Morgan fingerprint density at radius 2 is 1.91 bits per heavy atom. The summed E-state index contributed by atoms with van der Waals surface area (Å²) in [6.45, 7) is 3.60. The SMILES string of the molecule is O=C(NCCCN1CCC2(CC1)OCc1ccccc12)N1C(=O)OC[C@@H]1c1ccc(F)c(F)c1. The molecule has 1 atom stereocenters. The molecule has 2 aromatic carbocycles. The van der Waals surface area contributed by atoms with Crippen LogP contribution in [-0.4, -0.2) is 54.7 Å². The van der Waals surface area contributed by atoms with Crippen LogP contribution in [0.5, 0.6) is 0 Å². The maximum Gasteiger partial charge on any atom is 0.418 e. The van der Waals surface area contributed by atoms with Crippen molar-refractivity contribution in [3.8, 4) is 0 Å². The van der Waals surface area contributed by atoms with E-state index in [1.165, 1.54) is 17.2 Å². The van der Waals surface area contributed by atoms with E-state index in [2.05, 4.69) is 28.4 Å². The zero-order valence-corrected chi connectivity index (χ0v) is 18.8. The van der Waals surface area contributed by atoms with Crippen molar-refractivity contribution >= 4 is 12.1 Å². The molecular weight excluding hydrogens is 444 g/mol. The van der Waals surface area contributed by atoms with Crippen molar-refractivity contribution in [2.24, 2.45) is 0 Å². The Kier molecular flexibility index (Phi) is 6.22. The van der Waals surface area contributed by atoms with Crippen molar-refractivity contribution in [2.75, 3.05) is 32.8 Å². The molecule has 0 radical (unpaired) electrons. The first kappa shape index (κ1) is 22.7. The van der Waals surface area contributed by atoms with Gasteiger partial charge in [-0.15, -0.1) is 0 Å². The standard InChI is InChI=1S/C25H27F2N3O4/c26-20-7-6-17(14-21(20)27)22-16-33-24(32)30(22)23(31)28-10-3-11-29-12-8-25(9-13-29)19-5-2-1-4-18(19)15-34-25/h1-2,4-7,14,22H,3,8-13,15-16H2,(H,28,31)/t22-/m1/s1. The van der Waals surface area contributed by atoms with Crippen LogP contribution in [0.4, 0.5) is 18.4 Å². The Bertz CT molecular complexity index is 1090. The highest BCUT2D eigenvalue weighted by Crippen LogP contribution is 2.43. The van der Waals surface area contributed by atoms with Crippen molar-refractivity contribution in [1.82, 2.24) is 15.1 Å². The van der Waals surface area contributed by atoms with Crippen molar-refractivity contribution in [1.29, 1.82) is 0 Å². The molecule has 0 aromatic heterocycles. The molecule has 0 unspecified atom stereocenters. The van der Waals surface area contributed by atoms with Crippen molar-refractivity contribution in [3.63, 3.8) is 0 Å². The molecule has 34 heavy (non-hydrogen) atoms. The average molecular weight is 472 g/mol. The number of nitrogens with one attached hydrogen (secondary N) is 1. The molecule has 3 heterocycles. The number of likely N-dealkylation sites (tertiary alicyclic amines) is 1. The highest BCUT2D eigenvalue weighted by Gasteiger charge is 2.42. The summed E-state index contributed by atoms with van der Waals surface area (Å²) in [5.74, 6) is -2.02. The van der Waals surface area contributed by atoms with E-state index in [0.717, 1.165) is 55.9 Å². The van der Waals surface area contributed by atoms with Gasteiger partial charge >= 0.3 is 12.1 Å². The quantitative estimate of drug-likeness (QED) is 0.666. The summed E-state index contributed by atoms with van der Waals surface area (Å²) < 4.78 is 38.1. The van der Waals surface area contributed by atoms with E-state index in [1.54, 1.807) is 0 Å². The minimum atomic E-state index is -1.04. The van der Waals surface area contributed by atoms with Gasteiger partial charge in [-0.05, 0) is 54.6 Å². The number of piperidine rings is 1. The number of carbonyl (C=O) groups excluding carboxylic acids is 2. The molecule has 0 bridgehead atoms. The lowest BCUT2D eigenvalue weighted by molar-refractivity contribution is -0.0787. The number of fused-ring (bicyclic) bond motifs is 2. The molecule has 7 nitrogen and oxygen atoms in total. The van der Waals surface area contributed by atoms with Gasteiger partial charge in [0, 0.05) is 19.6 Å². The van der Waals surface area contributed by atoms with Crippen LogP contribution in [-0.2, 0) is 21.7 Å². The average Bonchev–Trinajstić information content (AvgIpc) is 3.41. The molecule has 3 aliphatic rings. The summed E-state index contributed by atoms with van der Waals surface area (Å²) in [5.41, 5.74) is 2.72. The third-order valence-corrected chi connectivity index (χ3v) is 7.02. The molecule has 0 saturated carbocycles. The van der Waals surface area contributed by atoms with Crippen molar-refractivity contribution in [3.05, 3.63) is 70.8 Å². The second-order valence-electron chi connectivity index (χ2n) is 9.00. The fraction of sp³-hybridized carbons (Fsp3) is 0.440. The monoisotopic (exact) mass is 471 g/mol. The maximum absolute atomic E-state index is 13.6. The molecule has 2 fully saturated rings. The van der Waals surface area contributed by atoms with Crippen LogP contribution in [0.15, 0.2) is 42.5 Å². The number of hydrogen-bond donors (Lipinski definition) is 1. The largest absolute Gasteiger partial charge is 0.446 e. The lowest BCUT2D eigenvalue weighted by Crippen LogP contribution is -2.44. The highest BCUT2D eigenvalue weighted by atomic mass is 19.2. The van der Waals surface area contributed by atoms with Gasteiger partial charge in [0.25, 0.3) is 0 Å². The Labute approximate surface area is 196 Å². The fourth-order valence-electron chi connectivity index (χ4n) is 5.13. The van der Waals surface area contributed by atoms with Crippen LogP contribution >= 0.6 is 0 Å². The van der Waals surface area contributed by atoms with Gasteiger partial charge in [0.05, 0.1) is 12.2 Å². The van der Waals surface area contributed by atoms with Gasteiger partial charge in [0.1, 0.15) is 12.6 Å². The predicted octanol–water partition coefficient (Wildman–Crippen LogP) is 4.08. The zero-order valence-electron chi connectivity index (χ0n) is 18.8. The number of hydrogen-bond acceptors (Lipinski definition) is 5. The first-order chi connectivity index (χ1) is 16.5. The van der Waals surface area contributed by atoms with Gasteiger partial charge in [0.15, 0.2) is 11.6 Å². The minimum Gasteiger partial charge on any atom is -0.446 e. The third kappa shape index (κ3) is 4.25. The van der Waals surface area contributed by atoms with Crippen LogP contribution < -0.4 is 5.32 Å². The Hall–Kier alpha value is -3.04. The fourth-order valence-corrected chi connectivity index (χ4v) is 5.13. The molecule has 3 aliphatic heterocycles. The first-order valence-corrected chi connectivity index (χ1v) is 11.6. The maximum atomic E-state index is 13.6. The number of amides is 3. The van der Waals surface area contributed by atoms with E-state index in [0.29, 0.717) is 18.7 Å². The first-order valence-electron chi connectivity index (χ1n) is 11.6. The molecule has 2 saturated heterocycles. The molecule has 1 N–H and O–H groups in total. The molecule has 0 aliphatic carbocycles. The van der Waals surface area contributed by atoms with Crippen molar-refractivity contribution < 1.29 is 27.8 Å². The number of cyclic esters (lactones) is 1. The summed E-state index contributed by atoms with van der Waals surface area (Å²) in [6.07, 6.45) is 1.79. The number of halogens is 2. The smallest absolute Gasteiger partial charge is 0.418 e. The highest BCUT2D eigenvalue weighted by molar-refractivity contribution is 5.92. The number of nitrogens with zero attached hydrogens (tertiary/aromatic N) is 2. The molecule has 2 aromatic rings. The van der Waals surface area contributed by atoms with Crippen LogP contribution in [0.3, 0.4) is 0 Å². The number of carbonyl (C=O) groups is 2. The second-order valence-corrected chi connectivity index (χ2v) is 9.00. The number of urea groups is 1. The summed E-state index contributed by atoms with van der Waals surface area (Å²) in [7, 11) is 0. The number of benzene rings is 2. The Morgan fingerprint density at radius 1 is 1.12 bits per heavy atom. The van der Waals surface area contributed by atoms with E-state index in [1.807, 2.05) is 6.07 Å². The van der Waals surface area contributed by atoms with Crippen LogP contribution in [0.25, 0.3) is 0 Å². The lowest BCUT2D eigenvalue weighted by atomic mass is 9.84. The number of imide groups is 1. The van der Waals surface area contributed by atoms with E-state index in [4.69, 9.17) is 9.47 Å². The van der Waals surface area contributed by atoms with Gasteiger partial charge in [-0.25, -0.2) is 23.3 Å². The van der Waals surface area contributed by atoms with E-state index < -0.39 is 29.8 Å². The normalized spacial score (nSPS) is 21.5. The van der Waals surface area contributed by atoms with Gasteiger partial charge < -0.3 is 19.7 Å². The topological polar surface area (TPSA) is 71.1 Å². The molecule has 5 rings (SSSR count). The summed E-state index contributed by atoms with van der Waals surface area (Å²) in [5, 5.41) is 2.75. The second kappa shape index (κ2) is 9.31. The van der Waals surface area contributed by atoms with E-state index in [-0.39, 0.29) is 12.2 Å². The summed E-state index contributed by atoms with van der Waals surface area (Å²) >= 11 is 0. The Morgan fingerprint density at radius 3 is 2.71 bits per heavy atom. The molecule has 9 heteroatoms. The Balaban J connectivity index is 1.09. The molecule has 180 valence electrons. The van der Waals surface area contributed by atoms with Crippen LogP contribution in [0, 0.1) is 11.6 Å². The summed E-state index contributed by atoms with van der Waals surface area (Å²) in [6, 6.07) is 10.3. The van der Waals surface area contributed by atoms with Gasteiger partial charge in [-0.3, -0.25) is 0 Å². The van der Waals surface area contributed by atoms with Crippen LogP contribution in [0.2, 0.25) is 0 Å². The third-order valence-electron chi connectivity index (χ3n) is 7.02.